The minimum Gasteiger partial charge on any atom is -0.390 e. The standard InChI is InChI=1S/C15H24N2O/c1-12-11-17(9-8-15(2,3)18)14-7-5-4-6-13(14)10-16-12/h4-7,12,16,18H,8-11H2,1-3H3. The number of para-hydroxylation sites is 1. The minimum atomic E-state index is -0.599. The summed E-state index contributed by atoms with van der Waals surface area (Å²) >= 11 is 0. The van der Waals surface area contributed by atoms with Crippen molar-refractivity contribution < 1.29 is 5.11 Å². The quantitative estimate of drug-likeness (QED) is 0.860. The van der Waals surface area contributed by atoms with Crippen LogP contribution in [0.4, 0.5) is 5.69 Å². The largest absolute Gasteiger partial charge is 0.390 e. The van der Waals surface area contributed by atoms with E-state index in [1.165, 1.54) is 11.3 Å². The van der Waals surface area contributed by atoms with Gasteiger partial charge in [0.05, 0.1) is 5.60 Å². The predicted octanol–water partition coefficient (Wildman–Crippen LogP) is 2.15. The molecule has 2 rings (SSSR count). The SMILES string of the molecule is CC1CN(CCC(C)(C)O)c2ccccc2CN1. The molecule has 1 atom stereocenters. The molecule has 0 bridgehead atoms. The third-order valence-corrected chi connectivity index (χ3v) is 3.46. The third-order valence-electron chi connectivity index (χ3n) is 3.46. The maximum absolute atomic E-state index is 9.89. The lowest BCUT2D eigenvalue weighted by atomic mass is 10.0. The van der Waals surface area contributed by atoms with Gasteiger partial charge in [0.1, 0.15) is 0 Å². The van der Waals surface area contributed by atoms with Crippen LogP contribution >= 0.6 is 0 Å². The van der Waals surface area contributed by atoms with E-state index < -0.39 is 5.60 Å². The average molecular weight is 248 g/mol. The Bertz CT molecular complexity index is 398. The molecule has 1 aromatic rings. The second-order valence-corrected chi connectivity index (χ2v) is 5.92. The van der Waals surface area contributed by atoms with Gasteiger partial charge >= 0.3 is 0 Å². The van der Waals surface area contributed by atoms with E-state index in [0.717, 1.165) is 26.1 Å². The first kappa shape index (κ1) is 13.4. The normalized spacial score (nSPS) is 20.4. The Kier molecular flexibility index (Phi) is 3.93. The van der Waals surface area contributed by atoms with E-state index >= 15 is 0 Å². The number of benzene rings is 1. The van der Waals surface area contributed by atoms with Crippen LogP contribution in [0.5, 0.6) is 0 Å². The van der Waals surface area contributed by atoms with Gasteiger partial charge in [-0.05, 0) is 38.8 Å². The van der Waals surface area contributed by atoms with Gasteiger partial charge in [-0.15, -0.1) is 0 Å². The first-order valence-corrected chi connectivity index (χ1v) is 6.74. The van der Waals surface area contributed by atoms with Crippen LogP contribution < -0.4 is 10.2 Å². The number of anilines is 1. The molecule has 0 aliphatic carbocycles. The first-order chi connectivity index (χ1) is 8.46. The molecule has 1 aliphatic rings. The monoisotopic (exact) mass is 248 g/mol. The van der Waals surface area contributed by atoms with E-state index in [2.05, 4.69) is 41.4 Å². The fraction of sp³-hybridized carbons (Fsp3) is 0.600. The molecule has 1 unspecified atom stereocenters. The van der Waals surface area contributed by atoms with E-state index in [4.69, 9.17) is 0 Å². The van der Waals surface area contributed by atoms with Crippen molar-refractivity contribution in [1.82, 2.24) is 5.32 Å². The molecular weight excluding hydrogens is 224 g/mol. The van der Waals surface area contributed by atoms with Crippen molar-refractivity contribution in [2.24, 2.45) is 0 Å². The van der Waals surface area contributed by atoms with Gasteiger partial charge in [0.15, 0.2) is 0 Å². The van der Waals surface area contributed by atoms with E-state index in [0.29, 0.717) is 6.04 Å². The van der Waals surface area contributed by atoms with Crippen molar-refractivity contribution in [3.63, 3.8) is 0 Å². The summed E-state index contributed by atoms with van der Waals surface area (Å²) < 4.78 is 0. The third kappa shape index (κ3) is 3.47. The van der Waals surface area contributed by atoms with Crippen LogP contribution in [0.15, 0.2) is 24.3 Å². The summed E-state index contributed by atoms with van der Waals surface area (Å²) in [5.74, 6) is 0. The molecule has 0 radical (unpaired) electrons. The van der Waals surface area contributed by atoms with Crippen molar-refractivity contribution in [3.8, 4) is 0 Å². The van der Waals surface area contributed by atoms with Crippen molar-refractivity contribution in [1.29, 1.82) is 0 Å². The fourth-order valence-corrected chi connectivity index (χ4v) is 2.37. The second-order valence-electron chi connectivity index (χ2n) is 5.92. The number of nitrogens with one attached hydrogen (secondary N) is 1. The average Bonchev–Trinajstić information content (AvgIpc) is 2.46. The van der Waals surface area contributed by atoms with Crippen LogP contribution in [-0.2, 0) is 6.54 Å². The first-order valence-electron chi connectivity index (χ1n) is 6.74. The maximum Gasteiger partial charge on any atom is 0.0608 e. The predicted molar refractivity (Wildman–Crippen MR) is 75.9 cm³/mol. The summed E-state index contributed by atoms with van der Waals surface area (Å²) in [5, 5.41) is 13.4. The molecule has 3 heteroatoms. The molecule has 2 N–H and O–H groups in total. The Balaban J connectivity index is 2.16. The van der Waals surface area contributed by atoms with Crippen molar-refractivity contribution in [2.45, 2.75) is 45.4 Å². The highest BCUT2D eigenvalue weighted by molar-refractivity contribution is 5.54. The number of nitrogens with zero attached hydrogens (tertiary/aromatic N) is 1. The van der Waals surface area contributed by atoms with E-state index in [-0.39, 0.29) is 0 Å². The van der Waals surface area contributed by atoms with Gasteiger partial charge in [-0.1, -0.05) is 18.2 Å². The summed E-state index contributed by atoms with van der Waals surface area (Å²) in [6.45, 7) is 8.77. The zero-order chi connectivity index (χ0) is 13.2. The van der Waals surface area contributed by atoms with Crippen LogP contribution in [0.2, 0.25) is 0 Å². The highest BCUT2D eigenvalue weighted by Crippen LogP contribution is 2.24. The molecule has 3 nitrogen and oxygen atoms in total. The van der Waals surface area contributed by atoms with Crippen LogP contribution in [0.1, 0.15) is 32.8 Å². The van der Waals surface area contributed by atoms with Gasteiger partial charge in [0.25, 0.3) is 0 Å². The second kappa shape index (κ2) is 5.29. The number of aliphatic hydroxyl groups is 1. The Hall–Kier alpha value is -1.06. The summed E-state index contributed by atoms with van der Waals surface area (Å²) in [5.41, 5.74) is 2.05. The van der Waals surface area contributed by atoms with Gasteiger partial charge < -0.3 is 15.3 Å². The molecule has 1 aliphatic heterocycles. The highest BCUT2D eigenvalue weighted by Gasteiger charge is 2.21. The van der Waals surface area contributed by atoms with Crippen LogP contribution in [-0.4, -0.2) is 29.8 Å². The Labute approximate surface area is 110 Å². The molecule has 0 saturated carbocycles. The Morgan fingerprint density at radius 3 is 2.83 bits per heavy atom. The molecule has 100 valence electrons. The number of rotatable bonds is 3. The van der Waals surface area contributed by atoms with Crippen LogP contribution in [0.25, 0.3) is 0 Å². The molecule has 0 fully saturated rings. The summed E-state index contributed by atoms with van der Waals surface area (Å²) in [6, 6.07) is 9.01. The zero-order valence-electron chi connectivity index (χ0n) is 11.6. The highest BCUT2D eigenvalue weighted by atomic mass is 16.3. The molecule has 1 heterocycles. The molecular formula is C15H24N2O. The lowest BCUT2D eigenvalue weighted by Gasteiger charge is -2.29. The lowest BCUT2D eigenvalue weighted by molar-refractivity contribution is 0.0730. The van der Waals surface area contributed by atoms with Crippen LogP contribution in [0.3, 0.4) is 0 Å². The molecule has 0 spiro atoms. The fourth-order valence-electron chi connectivity index (χ4n) is 2.37. The number of hydrogen-bond acceptors (Lipinski definition) is 3. The molecule has 0 aromatic heterocycles. The van der Waals surface area contributed by atoms with Crippen molar-refractivity contribution in [2.75, 3.05) is 18.0 Å². The van der Waals surface area contributed by atoms with Gasteiger partial charge in [-0.3, -0.25) is 0 Å². The van der Waals surface area contributed by atoms with Gasteiger partial charge in [0, 0.05) is 31.4 Å². The topological polar surface area (TPSA) is 35.5 Å². The Morgan fingerprint density at radius 1 is 1.39 bits per heavy atom. The summed E-state index contributed by atoms with van der Waals surface area (Å²) in [7, 11) is 0. The molecule has 0 saturated heterocycles. The van der Waals surface area contributed by atoms with Gasteiger partial charge in [-0.25, -0.2) is 0 Å². The van der Waals surface area contributed by atoms with E-state index in [1.54, 1.807) is 0 Å². The van der Waals surface area contributed by atoms with Gasteiger partial charge in [-0.2, -0.15) is 0 Å². The zero-order valence-corrected chi connectivity index (χ0v) is 11.6. The lowest BCUT2D eigenvalue weighted by Crippen LogP contribution is -2.38. The van der Waals surface area contributed by atoms with Gasteiger partial charge in [0.2, 0.25) is 0 Å². The summed E-state index contributed by atoms with van der Waals surface area (Å²) in [4.78, 5) is 2.39. The van der Waals surface area contributed by atoms with E-state index in [9.17, 15) is 5.11 Å². The maximum atomic E-state index is 9.89. The number of hydrogen-bond donors (Lipinski definition) is 2. The molecule has 0 amide bonds. The van der Waals surface area contributed by atoms with Crippen molar-refractivity contribution in [3.05, 3.63) is 29.8 Å². The smallest absolute Gasteiger partial charge is 0.0608 e. The summed E-state index contributed by atoms with van der Waals surface area (Å²) in [6.07, 6.45) is 0.786. The number of fused-ring (bicyclic) bond motifs is 1. The van der Waals surface area contributed by atoms with Crippen molar-refractivity contribution >= 4 is 5.69 Å². The van der Waals surface area contributed by atoms with E-state index in [1.807, 2.05) is 13.8 Å². The Morgan fingerprint density at radius 2 is 2.11 bits per heavy atom. The van der Waals surface area contributed by atoms with Crippen LogP contribution in [0, 0.1) is 0 Å². The molecule has 1 aromatic carbocycles. The minimum absolute atomic E-state index is 0.471. The molecule has 18 heavy (non-hydrogen) atoms.